The highest BCUT2D eigenvalue weighted by Gasteiger charge is 2.30. The number of aromatic nitrogens is 4. The molecule has 0 atom stereocenters. The van der Waals surface area contributed by atoms with Crippen molar-refractivity contribution in [3.63, 3.8) is 0 Å². The Morgan fingerprint density at radius 1 is 0.968 bits per heavy atom. The number of ether oxygens (including phenoxy) is 1. The fourth-order valence-electron chi connectivity index (χ4n) is 2.66. The number of nitrogens with one attached hydrogen (secondary N) is 1. The van der Waals surface area contributed by atoms with Gasteiger partial charge < -0.3 is 10.1 Å². The van der Waals surface area contributed by atoms with Gasteiger partial charge in [0, 0.05) is 29.7 Å². The van der Waals surface area contributed by atoms with Crippen molar-refractivity contribution in [2.45, 2.75) is 6.18 Å². The average Bonchev–Trinajstić information content (AvgIpc) is 3.30. The van der Waals surface area contributed by atoms with Crippen LogP contribution in [0.4, 0.5) is 18.9 Å². The number of carbonyl (C=O) groups excluding carboxylic acids is 1. The van der Waals surface area contributed by atoms with Crippen molar-refractivity contribution in [1.82, 2.24) is 20.0 Å². The van der Waals surface area contributed by atoms with E-state index < -0.39 is 17.6 Å². The number of amides is 1. The van der Waals surface area contributed by atoms with Crippen LogP contribution in [0.1, 0.15) is 15.9 Å². The molecule has 0 unspecified atom stereocenters. The topological polar surface area (TPSA) is 81.9 Å². The van der Waals surface area contributed by atoms with E-state index in [0.717, 1.165) is 12.1 Å². The Bertz CT molecular complexity index is 1180. The van der Waals surface area contributed by atoms with Crippen molar-refractivity contribution in [1.29, 1.82) is 0 Å². The number of hydrogen-bond donors (Lipinski definition) is 1. The first-order valence-corrected chi connectivity index (χ1v) is 8.99. The quantitative estimate of drug-likeness (QED) is 0.500. The van der Waals surface area contributed by atoms with E-state index >= 15 is 0 Å². The van der Waals surface area contributed by atoms with Gasteiger partial charge in [-0.3, -0.25) is 4.79 Å². The van der Waals surface area contributed by atoms with Gasteiger partial charge in [-0.2, -0.15) is 18.3 Å². The second kappa shape index (κ2) is 8.27. The molecule has 31 heavy (non-hydrogen) atoms. The summed E-state index contributed by atoms with van der Waals surface area (Å²) in [6.07, 6.45) is -1.16. The number of rotatable bonds is 5. The van der Waals surface area contributed by atoms with Crippen LogP contribution in [0, 0.1) is 0 Å². The maximum Gasteiger partial charge on any atom is 0.416 e. The Labute approximate surface area is 174 Å². The molecule has 0 aliphatic rings. The Kier molecular flexibility index (Phi) is 5.35. The summed E-state index contributed by atoms with van der Waals surface area (Å²) in [4.78, 5) is 12.3. The van der Waals surface area contributed by atoms with Gasteiger partial charge in [-0.1, -0.05) is 6.07 Å². The Morgan fingerprint density at radius 3 is 2.42 bits per heavy atom. The summed E-state index contributed by atoms with van der Waals surface area (Å²) >= 11 is 0. The van der Waals surface area contributed by atoms with Crippen LogP contribution in [0.15, 0.2) is 79.1 Å². The third kappa shape index (κ3) is 4.86. The summed E-state index contributed by atoms with van der Waals surface area (Å²) in [6, 6.07) is 15.6. The average molecular weight is 425 g/mol. The van der Waals surface area contributed by atoms with E-state index in [9.17, 15) is 18.0 Å². The molecule has 0 spiro atoms. The molecule has 10 heteroatoms. The second-order valence-electron chi connectivity index (χ2n) is 6.34. The molecule has 0 saturated heterocycles. The van der Waals surface area contributed by atoms with Gasteiger partial charge in [-0.05, 0) is 54.6 Å². The van der Waals surface area contributed by atoms with E-state index in [2.05, 4.69) is 20.6 Å². The van der Waals surface area contributed by atoms with E-state index in [-0.39, 0.29) is 11.4 Å². The number of carbonyl (C=O) groups is 1. The molecule has 0 saturated carbocycles. The van der Waals surface area contributed by atoms with Crippen LogP contribution in [-0.4, -0.2) is 25.9 Å². The molecule has 0 bridgehead atoms. The van der Waals surface area contributed by atoms with Gasteiger partial charge in [0.2, 0.25) is 5.88 Å². The molecule has 7 nitrogen and oxygen atoms in total. The van der Waals surface area contributed by atoms with E-state index in [1.54, 1.807) is 59.5 Å². The molecule has 0 aliphatic heterocycles. The SMILES string of the molecule is O=C(Nc1ccc(Oc2ccc(-n3cccn3)nn2)cc1)c1cccc(C(F)(F)F)c1. The van der Waals surface area contributed by atoms with Gasteiger partial charge >= 0.3 is 6.18 Å². The van der Waals surface area contributed by atoms with E-state index in [0.29, 0.717) is 17.3 Å². The van der Waals surface area contributed by atoms with Gasteiger partial charge in [0.1, 0.15) is 5.75 Å². The number of halogens is 3. The van der Waals surface area contributed by atoms with E-state index in [4.69, 9.17) is 4.74 Å². The number of alkyl halides is 3. The molecule has 4 aromatic rings. The van der Waals surface area contributed by atoms with Gasteiger partial charge in [-0.15, -0.1) is 10.2 Å². The monoisotopic (exact) mass is 425 g/mol. The number of benzene rings is 2. The highest BCUT2D eigenvalue weighted by atomic mass is 19.4. The maximum atomic E-state index is 12.8. The minimum Gasteiger partial charge on any atom is -0.438 e. The number of anilines is 1. The van der Waals surface area contributed by atoms with Crippen LogP contribution in [0.3, 0.4) is 0 Å². The van der Waals surface area contributed by atoms with Crippen molar-refractivity contribution in [2.75, 3.05) is 5.32 Å². The van der Waals surface area contributed by atoms with Gasteiger partial charge in [0.15, 0.2) is 5.82 Å². The fraction of sp³-hybridized carbons (Fsp3) is 0.0476. The van der Waals surface area contributed by atoms with Crippen LogP contribution in [0.2, 0.25) is 0 Å². The fourth-order valence-corrected chi connectivity index (χ4v) is 2.66. The van der Waals surface area contributed by atoms with Crippen LogP contribution >= 0.6 is 0 Å². The Balaban J connectivity index is 1.40. The van der Waals surface area contributed by atoms with E-state index in [1.165, 1.54) is 12.1 Å². The number of hydrogen-bond acceptors (Lipinski definition) is 5. The molecular weight excluding hydrogens is 411 g/mol. The molecule has 0 aliphatic carbocycles. The third-order valence-corrected chi connectivity index (χ3v) is 4.15. The van der Waals surface area contributed by atoms with Crippen LogP contribution in [-0.2, 0) is 6.18 Å². The lowest BCUT2D eigenvalue weighted by molar-refractivity contribution is -0.137. The largest absolute Gasteiger partial charge is 0.438 e. The smallest absolute Gasteiger partial charge is 0.416 e. The van der Waals surface area contributed by atoms with Crippen molar-refractivity contribution in [2.24, 2.45) is 0 Å². The molecule has 0 fully saturated rings. The molecule has 0 radical (unpaired) electrons. The predicted octanol–water partition coefficient (Wildman–Crippen LogP) is 4.73. The van der Waals surface area contributed by atoms with Crippen LogP contribution < -0.4 is 10.1 Å². The Morgan fingerprint density at radius 2 is 1.77 bits per heavy atom. The Hall–Kier alpha value is -4.21. The zero-order valence-electron chi connectivity index (χ0n) is 15.7. The molecule has 2 heterocycles. The van der Waals surface area contributed by atoms with Crippen molar-refractivity contribution in [3.05, 3.63) is 90.3 Å². The summed E-state index contributed by atoms with van der Waals surface area (Å²) < 4.78 is 45.6. The van der Waals surface area contributed by atoms with E-state index in [1.807, 2.05) is 0 Å². The lowest BCUT2D eigenvalue weighted by atomic mass is 10.1. The van der Waals surface area contributed by atoms with Crippen LogP contribution in [0.5, 0.6) is 11.6 Å². The minimum absolute atomic E-state index is 0.0947. The summed E-state index contributed by atoms with van der Waals surface area (Å²) in [7, 11) is 0. The first-order chi connectivity index (χ1) is 14.9. The third-order valence-electron chi connectivity index (χ3n) is 4.15. The van der Waals surface area contributed by atoms with Gasteiger partial charge in [-0.25, -0.2) is 4.68 Å². The molecule has 1 N–H and O–H groups in total. The highest BCUT2D eigenvalue weighted by molar-refractivity contribution is 6.04. The van der Waals surface area contributed by atoms with Crippen molar-refractivity contribution >= 4 is 11.6 Å². The van der Waals surface area contributed by atoms with Gasteiger partial charge in [0.25, 0.3) is 5.91 Å². The van der Waals surface area contributed by atoms with Gasteiger partial charge in [0.05, 0.1) is 5.56 Å². The van der Waals surface area contributed by atoms with Crippen LogP contribution in [0.25, 0.3) is 5.82 Å². The lowest BCUT2D eigenvalue weighted by Crippen LogP contribution is -2.13. The predicted molar refractivity (Wildman–Crippen MR) is 105 cm³/mol. The molecule has 2 aromatic heterocycles. The highest BCUT2D eigenvalue weighted by Crippen LogP contribution is 2.29. The zero-order valence-corrected chi connectivity index (χ0v) is 15.7. The minimum atomic E-state index is -4.52. The number of nitrogens with zero attached hydrogens (tertiary/aromatic N) is 4. The first kappa shape index (κ1) is 20.1. The van der Waals surface area contributed by atoms with Crippen molar-refractivity contribution < 1.29 is 22.7 Å². The molecule has 4 rings (SSSR count). The summed E-state index contributed by atoms with van der Waals surface area (Å²) in [5, 5.41) is 14.6. The lowest BCUT2D eigenvalue weighted by Gasteiger charge is -2.10. The standard InChI is InChI=1S/C21H14F3N5O2/c22-21(23,24)15-4-1-3-14(13-15)20(30)26-16-5-7-17(8-6-16)31-19-10-9-18(27-28-19)29-12-2-11-25-29/h1-13H,(H,26,30). The maximum absolute atomic E-state index is 12.8. The molecule has 156 valence electrons. The second-order valence-corrected chi connectivity index (χ2v) is 6.34. The first-order valence-electron chi connectivity index (χ1n) is 8.99. The summed E-state index contributed by atoms with van der Waals surface area (Å²) in [5.74, 6) is 0.583. The summed E-state index contributed by atoms with van der Waals surface area (Å²) in [5.41, 5.74) is -0.582. The molecular formula is C21H14F3N5O2. The molecule has 1 amide bonds. The molecule has 2 aromatic carbocycles. The van der Waals surface area contributed by atoms with Crippen molar-refractivity contribution in [3.8, 4) is 17.4 Å². The summed E-state index contributed by atoms with van der Waals surface area (Å²) in [6.45, 7) is 0. The zero-order chi connectivity index (χ0) is 21.8. The normalized spacial score (nSPS) is 11.2.